The number of fused-ring (bicyclic) bond motifs is 2. The molecule has 2 saturated heterocycles. The van der Waals surface area contributed by atoms with Gasteiger partial charge in [0, 0.05) is 35.3 Å². The van der Waals surface area contributed by atoms with E-state index < -0.39 is 17.7 Å². The zero-order valence-electron chi connectivity index (χ0n) is 27.3. The van der Waals surface area contributed by atoms with E-state index in [2.05, 4.69) is 32.7 Å². The smallest absolute Gasteiger partial charge is 0.318 e. The lowest BCUT2D eigenvalue weighted by Crippen LogP contribution is -2.32. The van der Waals surface area contributed by atoms with E-state index in [1.807, 2.05) is 6.07 Å². The summed E-state index contributed by atoms with van der Waals surface area (Å²) in [4.78, 5) is 17.3. The van der Waals surface area contributed by atoms with Gasteiger partial charge in [-0.3, -0.25) is 0 Å². The Morgan fingerprint density at radius 2 is 2.02 bits per heavy atom. The summed E-state index contributed by atoms with van der Waals surface area (Å²) >= 11 is 7.77. The molecule has 0 saturated carbocycles. The van der Waals surface area contributed by atoms with Crippen LogP contribution in [0.25, 0.3) is 32.1 Å². The molecule has 50 heavy (non-hydrogen) atoms. The molecule has 8 rings (SSSR count). The second-order valence-corrected chi connectivity index (χ2v) is 14.0. The van der Waals surface area contributed by atoms with Gasteiger partial charge in [-0.05, 0) is 49.4 Å². The minimum Gasteiger partial charge on any atom is -0.489 e. The van der Waals surface area contributed by atoms with Gasteiger partial charge in [0.25, 0.3) is 0 Å². The van der Waals surface area contributed by atoms with Gasteiger partial charge in [0.05, 0.1) is 34.3 Å². The first-order chi connectivity index (χ1) is 24.2. The van der Waals surface area contributed by atoms with Gasteiger partial charge in [-0.15, -0.1) is 17.8 Å². The molecule has 3 unspecified atom stereocenters. The minimum absolute atomic E-state index is 0.0138. The van der Waals surface area contributed by atoms with E-state index in [-0.39, 0.29) is 84.3 Å². The van der Waals surface area contributed by atoms with Crippen molar-refractivity contribution < 1.29 is 18.3 Å². The molecule has 0 radical (unpaired) electrons. The largest absolute Gasteiger partial charge is 0.489 e. The van der Waals surface area contributed by atoms with E-state index in [1.165, 1.54) is 45.5 Å². The number of hydrogen-bond acceptors (Lipinski definition) is 11. The Labute approximate surface area is 296 Å². The van der Waals surface area contributed by atoms with Gasteiger partial charge < -0.3 is 30.7 Å². The molecule has 0 bridgehead atoms. The molecule has 3 aliphatic heterocycles. The van der Waals surface area contributed by atoms with Gasteiger partial charge in [0.1, 0.15) is 46.7 Å². The number of thiophene rings is 1. The standard InChI is InChI=1S/C28H18ClF2N7O2S.C8H15N/c1-3-16(12-5-4-8-35-25(12)33)38-9-10-40-23-19-22(36-28(39-2)37-27(19)38)21(31)18(20(23)29)13-6-7-15(30)24-17(13)14(11-32)26(34)41-24;1-7-5-8-3-2-4-9(8)6-7/h1,4-8,16H,9-10,34H2,2H3,(H2,33,35);7-8H,2-6H2,1H3. The Morgan fingerprint density at radius 3 is 2.74 bits per heavy atom. The highest BCUT2D eigenvalue weighted by atomic mass is 35.5. The maximum absolute atomic E-state index is 16.7. The van der Waals surface area contributed by atoms with Crippen molar-refractivity contribution in [1.29, 1.82) is 5.26 Å². The summed E-state index contributed by atoms with van der Waals surface area (Å²) in [5, 5.41) is 10.0. The van der Waals surface area contributed by atoms with Crippen molar-refractivity contribution in [2.24, 2.45) is 5.92 Å². The highest BCUT2D eigenvalue weighted by molar-refractivity contribution is 7.23. The quantitative estimate of drug-likeness (QED) is 0.188. The molecule has 2 fully saturated rings. The highest BCUT2D eigenvalue weighted by Gasteiger charge is 2.35. The molecule has 2 aromatic carbocycles. The van der Waals surface area contributed by atoms with Gasteiger partial charge in [-0.1, -0.05) is 36.6 Å². The summed E-state index contributed by atoms with van der Waals surface area (Å²) in [7, 11) is 1.34. The van der Waals surface area contributed by atoms with Gasteiger partial charge in [-0.25, -0.2) is 13.8 Å². The molecular formula is C36H33ClF2N8O2S. The molecule has 3 aliphatic rings. The number of methoxy groups -OCH3 is 1. The number of nitrogens with zero attached hydrogens (tertiary/aromatic N) is 6. The maximum atomic E-state index is 16.7. The van der Waals surface area contributed by atoms with Crippen LogP contribution in [0.5, 0.6) is 11.8 Å². The number of benzene rings is 2. The predicted octanol–water partition coefficient (Wildman–Crippen LogP) is 6.95. The van der Waals surface area contributed by atoms with Gasteiger partial charge >= 0.3 is 6.01 Å². The molecule has 0 amide bonds. The number of halogens is 3. The normalized spacial score (nSPS) is 18.8. The fourth-order valence-electron chi connectivity index (χ4n) is 7.37. The SMILES string of the molecule is C#CC(c1cccnc1N)N1CCOc2c(Cl)c(-c3ccc(F)c4sc(N)c(C#N)c34)c(F)c3nc(OC)nc1c23.CC1CC2CCCN2C1. The summed E-state index contributed by atoms with van der Waals surface area (Å²) in [6.07, 6.45) is 11.9. The van der Waals surface area contributed by atoms with Crippen LogP contribution in [0.3, 0.4) is 0 Å². The second-order valence-electron chi connectivity index (χ2n) is 12.6. The van der Waals surface area contributed by atoms with E-state index in [0.29, 0.717) is 5.56 Å². The number of ether oxygens (including phenoxy) is 2. The Kier molecular flexibility index (Phi) is 8.99. The second kappa shape index (κ2) is 13.4. The van der Waals surface area contributed by atoms with Crippen LogP contribution in [0.2, 0.25) is 5.02 Å². The lowest BCUT2D eigenvalue weighted by molar-refractivity contribution is 0.319. The third-order valence-electron chi connectivity index (χ3n) is 9.53. The Bertz CT molecular complexity index is 2220. The number of nitriles is 1. The van der Waals surface area contributed by atoms with Crippen LogP contribution in [-0.4, -0.2) is 59.2 Å². The van der Waals surface area contributed by atoms with E-state index >= 15 is 4.39 Å². The van der Waals surface area contributed by atoms with Gasteiger partial charge in [0.2, 0.25) is 0 Å². The molecule has 0 aliphatic carbocycles. The maximum Gasteiger partial charge on any atom is 0.318 e. The highest BCUT2D eigenvalue weighted by Crippen LogP contribution is 2.51. The van der Waals surface area contributed by atoms with Crippen molar-refractivity contribution in [3.8, 4) is 41.3 Å². The zero-order chi connectivity index (χ0) is 35.3. The summed E-state index contributed by atoms with van der Waals surface area (Å²) in [5.74, 6) is 2.76. The summed E-state index contributed by atoms with van der Waals surface area (Å²) < 4.78 is 43.0. The van der Waals surface area contributed by atoms with Crippen molar-refractivity contribution in [2.45, 2.75) is 38.3 Å². The molecule has 3 atom stereocenters. The van der Waals surface area contributed by atoms with E-state index in [9.17, 15) is 9.65 Å². The van der Waals surface area contributed by atoms with Crippen molar-refractivity contribution in [1.82, 2.24) is 19.9 Å². The number of aromatic nitrogens is 3. The van der Waals surface area contributed by atoms with Gasteiger partial charge in [-0.2, -0.15) is 15.2 Å². The lowest BCUT2D eigenvalue weighted by Gasteiger charge is -2.29. The minimum atomic E-state index is -0.860. The molecule has 3 aromatic heterocycles. The number of pyridine rings is 1. The van der Waals surface area contributed by atoms with Crippen LogP contribution in [0.15, 0.2) is 30.5 Å². The zero-order valence-corrected chi connectivity index (χ0v) is 28.9. The van der Waals surface area contributed by atoms with Crippen molar-refractivity contribution >= 4 is 60.6 Å². The van der Waals surface area contributed by atoms with E-state index in [1.54, 1.807) is 23.2 Å². The van der Waals surface area contributed by atoms with Crippen molar-refractivity contribution in [3.05, 3.63) is 58.2 Å². The monoisotopic (exact) mass is 714 g/mol. The van der Waals surface area contributed by atoms with Crippen molar-refractivity contribution in [2.75, 3.05) is 49.7 Å². The van der Waals surface area contributed by atoms with Crippen LogP contribution in [-0.2, 0) is 0 Å². The van der Waals surface area contributed by atoms with Gasteiger partial charge in [0.15, 0.2) is 11.6 Å². The first-order valence-corrected chi connectivity index (χ1v) is 17.3. The van der Waals surface area contributed by atoms with Crippen LogP contribution in [0.1, 0.15) is 43.4 Å². The molecule has 4 N–H and O–H groups in total. The number of nitrogens with two attached hydrogens (primary N) is 2. The third-order valence-corrected chi connectivity index (χ3v) is 10.9. The number of rotatable bonds is 4. The topological polar surface area (TPSA) is 139 Å². The summed E-state index contributed by atoms with van der Waals surface area (Å²) in [5.41, 5.74) is 12.5. The number of anilines is 3. The fraction of sp³-hybridized carbons (Fsp3) is 0.333. The number of hydrogen-bond donors (Lipinski definition) is 2. The summed E-state index contributed by atoms with van der Waals surface area (Å²) in [6.45, 7) is 5.42. The first kappa shape index (κ1) is 33.5. The Hall–Kier alpha value is -4.95. The van der Waals surface area contributed by atoms with Crippen LogP contribution in [0.4, 0.5) is 25.4 Å². The van der Waals surface area contributed by atoms with Crippen LogP contribution in [0, 0.1) is 41.2 Å². The molecule has 10 nitrogen and oxygen atoms in total. The fourth-order valence-corrected chi connectivity index (χ4v) is 8.65. The van der Waals surface area contributed by atoms with E-state index in [4.69, 9.17) is 39.0 Å². The third kappa shape index (κ3) is 5.56. The Balaban J connectivity index is 0.000000375. The van der Waals surface area contributed by atoms with E-state index in [0.717, 1.165) is 29.4 Å². The number of terminal acetylenes is 1. The lowest BCUT2D eigenvalue weighted by atomic mass is 9.96. The molecule has 14 heteroatoms. The molecular weight excluding hydrogens is 682 g/mol. The Morgan fingerprint density at radius 1 is 1.20 bits per heavy atom. The average molecular weight is 715 g/mol. The van der Waals surface area contributed by atoms with Crippen molar-refractivity contribution in [3.63, 3.8) is 0 Å². The molecule has 256 valence electrons. The molecule has 6 heterocycles. The predicted molar refractivity (Wildman–Crippen MR) is 192 cm³/mol. The first-order valence-electron chi connectivity index (χ1n) is 16.1. The van der Waals surface area contributed by atoms with Crippen LogP contribution >= 0.6 is 22.9 Å². The summed E-state index contributed by atoms with van der Waals surface area (Å²) in [6, 6.07) is 8.02. The average Bonchev–Trinajstić information content (AvgIpc) is 3.76. The molecule has 5 aromatic rings. The van der Waals surface area contributed by atoms with Crippen LogP contribution < -0.4 is 25.8 Å². The molecule has 0 spiro atoms. The number of nitrogen functional groups attached to an aromatic ring is 2.